The van der Waals surface area contributed by atoms with E-state index in [-0.39, 0.29) is 17.5 Å². The van der Waals surface area contributed by atoms with Crippen molar-refractivity contribution in [3.63, 3.8) is 0 Å². The van der Waals surface area contributed by atoms with Crippen molar-refractivity contribution in [3.8, 4) is 0 Å². The van der Waals surface area contributed by atoms with Crippen LogP contribution in [0.4, 0.5) is 5.69 Å². The van der Waals surface area contributed by atoms with Gasteiger partial charge in [-0.1, -0.05) is 50.2 Å². The molecule has 0 aromatic heterocycles. The second kappa shape index (κ2) is 4.72. The van der Waals surface area contributed by atoms with Crippen molar-refractivity contribution >= 4 is 11.7 Å². The predicted molar refractivity (Wildman–Crippen MR) is 90.6 cm³/mol. The molecule has 4 rings (SSSR count). The fourth-order valence-electron chi connectivity index (χ4n) is 3.74. The van der Waals surface area contributed by atoms with Crippen molar-refractivity contribution in [2.24, 2.45) is 0 Å². The van der Waals surface area contributed by atoms with E-state index in [9.17, 15) is 4.79 Å². The zero-order valence-electron chi connectivity index (χ0n) is 13.5. The lowest BCUT2D eigenvalue weighted by atomic mass is 9.83. The Labute approximate surface area is 136 Å². The molecule has 2 aromatic carbocycles. The van der Waals surface area contributed by atoms with Gasteiger partial charge < -0.3 is 9.64 Å². The molecule has 2 aliphatic rings. The van der Waals surface area contributed by atoms with Crippen molar-refractivity contribution in [3.05, 3.63) is 77.0 Å². The van der Waals surface area contributed by atoms with Crippen LogP contribution in [-0.2, 0) is 10.2 Å². The van der Waals surface area contributed by atoms with E-state index in [1.807, 2.05) is 24.3 Å². The first-order valence-corrected chi connectivity index (χ1v) is 7.85. The molecule has 3 nitrogen and oxygen atoms in total. The van der Waals surface area contributed by atoms with Crippen molar-refractivity contribution < 1.29 is 9.53 Å². The molecule has 0 saturated carbocycles. The second-order valence-electron chi connectivity index (χ2n) is 6.67. The van der Waals surface area contributed by atoms with Crippen LogP contribution in [-0.4, -0.2) is 13.0 Å². The summed E-state index contributed by atoms with van der Waals surface area (Å²) >= 11 is 0. The van der Waals surface area contributed by atoms with Crippen LogP contribution in [0.1, 0.15) is 41.4 Å². The minimum Gasteiger partial charge on any atom is -0.449 e. The van der Waals surface area contributed by atoms with Crippen molar-refractivity contribution in [1.82, 2.24) is 0 Å². The summed E-state index contributed by atoms with van der Waals surface area (Å²) in [6.45, 7) is 4.42. The van der Waals surface area contributed by atoms with Crippen LogP contribution >= 0.6 is 0 Å². The van der Waals surface area contributed by atoms with E-state index in [1.54, 1.807) is 0 Å². The number of hydrogen-bond acceptors (Lipinski definition) is 3. The molecule has 116 valence electrons. The molecular formula is C20H19NO2. The first-order valence-electron chi connectivity index (χ1n) is 7.85. The smallest absolute Gasteiger partial charge is 0.339 e. The Hall–Kier alpha value is -2.55. The monoisotopic (exact) mass is 305 g/mol. The molecule has 0 aliphatic carbocycles. The van der Waals surface area contributed by atoms with Crippen LogP contribution in [0.15, 0.2) is 60.3 Å². The first-order chi connectivity index (χ1) is 11.0. The number of carbonyl (C=O) groups excluding carboxylic acids is 1. The number of hydrogen-bond donors (Lipinski definition) is 0. The lowest BCUT2D eigenvalue weighted by Crippen LogP contribution is -2.23. The van der Waals surface area contributed by atoms with E-state index < -0.39 is 0 Å². The summed E-state index contributed by atoms with van der Waals surface area (Å²) in [5, 5.41) is 0. The van der Waals surface area contributed by atoms with Gasteiger partial charge in [-0.2, -0.15) is 0 Å². The molecule has 3 heteroatoms. The summed E-state index contributed by atoms with van der Waals surface area (Å²) in [5.41, 5.74) is 5.17. The summed E-state index contributed by atoms with van der Waals surface area (Å²) in [7, 11) is 2.07. The molecule has 0 spiro atoms. The number of para-hydroxylation sites is 1. The third kappa shape index (κ3) is 1.93. The van der Waals surface area contributed by atoms with E-state index in [0.717, 1.165) is 11.3 Å². The number of ether oxygens (including phenoxy) is 1. The van der Waals surface area contributed by atoms with Gasteiger partial charge in [-0.05, 0) is 23.8 Å². The molecule has 1 unspecified atom stereocenters. The number of benzene rings is 2. The number of anilines is 1. The van der Waals surface area contributed by atoms with Crippen molar-refractivity contribution in [1.29, 1.82) is 0 Å². The normalized spacial score (nSPS) is 22.9. The largest absolute Gasteiger partial charge is 0.449 e. The fourth-order valence-corrected chi connectivity index (χ4v) is 3.74. The molecule has 0 saturated heterocycles. The van der Waals surface area contributed by atoms with Gasteiger partial charge in [-0.15, -0.1) is 0 Å². The number of likely N-dealkylation sites (N-methyl/N-ethyl adjacent to an activating group) is 1. The van der Waals surface area contributed by atoms with E-state index in [2.05, 4.69) is 56.1 Å². The van der Waals surface area contributed by atoms with Crippen LogP contribution in [0.3, 0.4) is 0 Å². The minimum absolute atomic E-state index is 0.116. The highest BCUT2D eigenvalue weighted by Crippen LogP contribution is 2.48. The number of allylic oxidation sites excluding steroid dienone is 1. The molecule has 0 bridgehead atoms. The number of cyclic esters (lactones) is 1. The first kappa shape index (κ1) is 14.1. The summed E-state index contributed by atoms with van der Waals surface area (Å²) in [5.74, 6) is -0.238. The van der Waals surface area contributed by atoms with Gasteiger partial charge in [0.25, 0.3) is 0 Å². The summed E-state index contributed by atoms with van der Waals surface area (Å²) in [6.07, 6.45) is 1.77. The number of nitrogens with zero attached hydrogens (tertiary/aromatic N) is 1. The molecule has 23 heavy (non-hydrogen) atoms. The summed E-state index contributed by atoms with van der Waals surface area (Å²) in [4.78, 5) is 14.2. The van der Waals surface area contributed by atoms with E-state index >= 15 is 0 Å². The van der Waals surface area contributed by atoms with Crippen LogP contribution in [0, 0.1) is 0 Å². The Morgan fingerprint density at radius 3 is 2.57 bits per heavy atom. The molecule has 1 atom stereocenters. The maximum atomic E-state index is 12.0. The Bertz CT molecular complexity index is 835. The van der Waals surface area contributed by atoms with Crippen LogP contribution in [0.25, 0.3) is 0 Å². The van der Waals surface area contributed by atoms with Crippen LogP contribution in [0.5, 0.6) is 0 Å². The highest BCUT2D eigenvalue weighted by Gasteiger charge is 2.40. The van der Waals surface area contributed by atoms with Crippen molar-refractivity contribution in [2.45, 2.75) is 25.4 Å². The highest BCUT2D eigenvalue weighted by molar-refractivity contribution is 5.94. The molecular weight excluding hydrogens is 286 g/mol. The topological polar surface area (TPSA) is 29.5 Å². The molecule has 0 N–H and O–H groups in total. The van der Waals surface area contributed by atoms with Gasteiger partial charge in [0.05, 0.1) is 5.56 Å². The zero-order chi connectivity index (χ0) is 16.2. The Morgan fingerprint density at radius 1 is 1.09 bits per heavy atom. The van der Waals surface area contributed by atoms with Gasteiger partial charge in [-0.3, -0.25) is 0 Å². The van der Waals surface area contributed by atoms with Gasteiger partial charge in [0.1, 0.15) is 6.10 Å². The molecule has 0 radical (unpaired) electrons. The third-order valence-electron chi connectivity index (χ3n) is 4.97. The zero-order valence-corrected chi connectivity index (χ0v) is 13.5. The average molecular weight is 305 g/mol. The van der Waals surface area contributed by atoms with Gasteiger partial charge in [0, 0.05) is 29.4 Å². The lowest BCUT2D eigenvalue weighted by Gasteiger charge is -2.25. The highest BCUT2D eigenvalue weighted by atomic mass is 16.5. The molecule has 2 heterocycles. The number of fused-ring (bicyclic) bond motifs is 2. The summed E-state index contributed by atoms with van der Waals surface area (Å²) < 4.78 is 5.59. The molecule has 0 amide bonds. The van der Waals surface area contributed by atoms with Gasteiger partial charge >= 0.3 is 5.97 Å². The van der Waals surface area contributed by atoms with E-state index in [4.69, 9.17) is 4.74 Å². The molecule has 2 aromatic rings. The molecule has 0 fully saturated rings. The predicted octanol–water partition coefficient (Wildman–Crippen LogP) is 4.21. The maximum absolute atomic E-state index is 12.0. The van der Waals surface area contributed by atoms with E-state index in [0.29, 0.717) is 5.56 Å². The average Bonchev–Trinajstić information content (AvgIpc) is 2.97. The van der Waals surface area contributed by atoms with E-state index in [1.165, 1.54) is 11.3 Å². The fraction of sp³-hybridized carbons (Fsp3) is 0.250. The van der Waals surface area contributed by atoms with Crippen molar-refractivity contribution in [2.75, 3.05) is 11.9 Å². The Morgan fingerprint density at radius 2 is 1.78 bits per heavy atom. The van der Waals surface area contributed by atoms with Crippen LogP contribution in [0.2, 0.25) is 0 Å². The molecule has 2 aliphatic heterocycles. The number of esters is 1. The van der Waals surface area contributed by atoms with Gasteiger partial charge in [0.2, 0.25) is 0 Å². The van der Waals surface area contributed by atoms with Gasteiger partial charge in [-0.25, -0.2) is 4.79 Å². The number of rotatable bonds is 1. The van der Waals surface area contributed by atoms with Crippen LogP contribution < -0.4 is 4.90 Å². The Balaban J connectivity index is 1.81. The quantitative estimate of drug-likeness (QED) is 0.739. The standard InChI is InChI=1S/C20H19NO2/c1-20(2)15-10-6-7-11-16(15)21(3)18(20)12-17-13-8-4-5-9-14(13)19(22)23-17/h4-12,17H,1-3H3. The second-order valence-corrected chi connectivity index (χ2v) is 6.67. The number of carbonyl (C=O) groups is 1. The Kier molecular flexibility index (Phi) is 2.89. The SMILES string of the molecule is CN1C(=CC2OC(=O)c3ccccc32)C(C)(C)c2ccccc21. The lowest BCUT2D eigenvalue weighted by molar-refractivity contribution is 0.0465. The third-order valence-corrected chi connectivity index (χ3v) is 4.97. The summed E-state index contributed by atoms with van der Waals surface area (Å²) in [6, 6.07) is 16.0. The minimum atomic E-state index is -0.315. The maximum Gasteiger partial charge on any atom is 0.339 e. The van der Waals surface area contributed by atoms with Gasteiger partial charge in [0.15, 0.2) is 0 Å².